The zero-order chi connectivity index (χ0) is 25.9. The van der Waals surface area contributed by atoms with Gasteiger partial charge in [-0.25, -0.2) is 9.97 Å². The predicted molar refractivity (Wildman–Crippen MR) is 143 cm³/mol. The van der Waals surface area contributed by atoms with Gasteiger partial charge in [-0.15, -0.1) is 0 Å². The third-order valence-corrected chi connectivity index (χ3v) is 6.83. The lowest BCUT2D eigenvalue weighted by Gasteiger charge is -2.24. The Kier molecular flexibility index (Phi) is 6.53. The third kappa shape index (κ3) is 4.73. The van der Waals surface area contributed by atoms with Gasteiger partial charge in [0, 0.05) is 23.8 Å². The van der Waals surface area contributed by atoms with E-state index in [2.05, 4.69) is 25.4 Å². The Morgan fingerprint density at radius 3 is 2.92 bits per heavy atom. The van der Waals surface area contributed by atoms with E-state index in [1.807, 2.05) is 65.5 Å². The summed E-state index contributed by atoms with van der Waals surface area (Å²) in [6.07, 6.45) is 6.89. The molecule has 6 rings (SSSR count). The molecule has 10 nitrogen and oxygen atoms in total. The summed E-state index contributed by atoms with van der Waals surface area (Å²) in [7, 11) is 0. The number of fused-ring (bicyclic) bond motifs is 2. The molecule has 0 bridgehead atoms. The number of aliphatic hydroxyl groups is 1. The Morgan fingerprint density at radius 1 is 1.11 bits per heavy atom. The average Bonchev–Trinajstić information content (AvgIpc) is 3.59. The van der Waals surface area contributed by atoms with Crippen LogP contribution in [0.1, 0.15) is 18.5 Å². The van der Waals surface area contributed by atoms with E-state index in [1.54, 1.807) is 11.1 Å². The number of amides is 1. The van der Waals surface area contributed by atoms with Gasteiger partial charge in [-0.2, -0.15) is 5.10 Å². The van der Waals surface area contributed by atoms with E-state index in [9.17, 15) is 9.90 Å². The topological polar surface area (TPSA) is 118 Å². The minimum atomic E-state index is -0.487. The number of hydrogen-bond acceptors (Lipinski definition) is 8. The van der Waals surface area contributed by atoms with Crippen molar-refractivity contribution < 1.29 is 14.6 Å². The number of ether oxygens (including phenoxy) is 1. The highest BCUT2D eigenvalue weighted by Crippen LogP contribution is 2.33. The fraction of sp³-hybridized carbons (Fsp3) is 0.250. The van der Waals surface area contributed by atoms with Crippen molar-refractivity contribution in [3.63, 3.8) is 0 Å². The van der Waals surface area contributed by atoms with Gasteiger partial charge in [0.1, 0.15) is 31.1 Å². The van der Waals surface area contributed by atoms with Gasteiger partial charge in [-0.05, 0) is 55.3 Å². The number of nitrogens with one attached hydrogen (secondary N) is 1. The lowest BCUT2D eigenvalue weighted by atomic mass is 10.2. The van der Waals surface area contributed by atoms with E-state index in [-0.39, 0.29) is 11.9 Å². The number of carbonyl (C=O) groups is 1. The highest BCUT2D eigenvalue weighted by atomic mass is 16.5. The van der Waals surface area contributed by atoms with Crippen LogP contribution in [-0.2, 0) is 11.3 Å². The SMILES string of the molecule is O=C(CO)N1CCC[C@@H]1COc1cccc2ncnc(Nc3ccc4c(cnn4Cc4ccccn4)c3)c12. The van der Waals surface area contributed by atoms with Crippen LogP contribution in [0.4, 0.5) is 11.5 Å². The Bertz CT molecular complexity index is 1580. The second-order valence-corrected chi connectivity index (χ2v) is 9.25. The lowest BCUT2D eigenvalue weighted by molar-refractivity contribution is -0.135. The van der Waals surface area contributed by atoms with Crippen molar-refractivity contribution in [1.29, 1.82) is 0 Å². The number of likely N-dealkylation sites (tertiary alicyclic amines) is 1. The van der Waals surface area contributed by atoms with Crippen LogP contribution in [0.15, 0.2) is 73.3 Å². The molecule has 4 heterocycles. The van der Waals surface area contributed by atoms with Gasteiger partial charge in [-0.3, -0.25) is 14.5 Å². The van der Waals surface area contributed by atoms with E-state index >= 15 is 0 Å². The van der Waals surface area contributed by atoms with Crippen LogP contribution in [0.3, 0.4) is 0 Å². The van der Waals surface area contributed by atoms with Crippen LogP contribution in [-0.4, -0.2) is 66.4 Å². The molecule has 1 amide bonds. The predicted octanol–water partition coefficient (Wildman–Crippen LogP) is 3.53. The van der Waals surface area contributed by atoms with Crippen LogP contribution in [0.25, 0.3) is 21.8 Å². The maximum absolute atomic E-state index is 12.1. The molecule has 1 saturated heterocycles. The van der Waals surface area contributed by atoms with Crippen molar-refractivity contribution in [1.82, 2.24) is 29.6 Å². The summed E-state index contributed by atoms with van der Waals surface area (Å²) in [4.78, 5) is 27.1. The highest BCUT2D eigenvalue weighted by molar-refractivity contribution is 5.96. The second-order valence-electron chi connectivity index (χ2n) is 9.25. The van der Waals surface area contributed by atoms with Gasteiger partial charge in [0.25, 0.3) is 0 Å². The quantitative estimate of drug-likeness (QED) is 0.326. The third-order valence-electron chi connectivity index (χ3n) is 6.83. The van der Waals surface area contributed by atoms with Gasteiger partial charge in [-0.1, -0.05) is 12.1 Å². The van der Waals surface area contributed by atoms with Crippen LogP contribution >= 0.6 is 0 Å². The minimum Gasteiger partial charge on any atom is -0.491 e. The van der Waals surface area contributed by atoms with Crippen LogP contribution in [0, 0.1) is 0 Å². The van der Waals surface area contributed by atoms with Crippen molar-refractivity contribution in [2.45, 2.75) is 25.4 Å². The number of nitrogens with zero attached hydrogens (tertiary/aromatic N) is 6. The maximum Gasteiger partial charge on any atom is 0.248 e. The molecule has 1 atom stereocenters. The molecule has 0 aliphatic carbocycles. The summed E-state index contributed by atoms with van der Waals surface area (Å²) in [5, 5.41) is 19.0. The second kappa shape index (κ2) is 10.4. The average molecular weight is 510 g/mol. The molecule has 38 heavy (non-hydrogen) atoms. The van der Waals surface area contributed by atoms with Gasteiger partial charge < -0.3 is 20.1 Å². The summed E-state index contributed by atoms with van der Waals surface area (Å²) in [5.41, 5.74) is 3.57. The van der Waals surface area contributed by atoms with Crippen LogP contribution < -0.4 is 10.1 Å². The molecule has 1 aliphatic heterocycles. The molecule has 0 spiro atoms. The van der Waals surface area contributed by atoms with E-state index in [0.717, 1.165) is 46.0 Å². The Labute approximate surface area is 218 Å². The number of benzene rings is 2. The Hall–Kier alpha value is -4.57. The molecule has 10 heteroatoms. The summed E-state index contributed by atoms with van der Waals surface area (Å²) in [6, 6.07) is 17.5. The zero-order valence-electron chi connectivity index (χ0n) is 20.7. The molecule has 192 valence electrons. The smallest absolute Gasteiger partial charge is 0.248 e. The first-order valence-corrected chi connectivity index (χ1v) is 12.6. The van der Waals surface area contributed by atoms with Crippen molar-refractivity contribution in [3.05, 3.63) is 79.0 Å². The summed E-state index contributed by atoms with van der Waals surface area (Å²) in [6.45, 7) is 1.08. The van der Waals surface area contributed by atoms with Crippen molar-refractivity contribution in [2.75, 3.05) is 25.1 Å². The first-order valence-electron chi connectivity index (χ1n) is 12.6. The van der Waals surface area contributed by atoms with Gasteiger partial charge >= 0.3 is 0 Å². The van der Waals surface area contributed by atoms with Crippen molar-refractivity contribution in [3.8, 4) is 5.75 Å². The van der Waals surface area contributed by atoms with Crippen molar-refractivity contribution >= 4 is 39.2 Å². The van der Waals surface area contributed by atoms with E-state index < -0.39 is 6.61 Å². The number of anilines is 2. The fourth-order valence-electron chi connectivity index (χ4n) is 4.98. The maximum atomic E-state index is 12.1. The highest BCUT2D eigenvalue weighted by Gasteiger charge is 2.29. The molecule has 5 aromatic rings. The first-order chi connectivity index (χ1) is 18.7. The monoisotopic (exact) mass is 509 g/mol. The molecule has 0 unspecified atom stereocenters. The fourth-order valence-corrected chi connectivity index (χ4v) is 4.98. The molecular formula is C28H27N7O3. The van der Waals surface area contributed by atoms with Gasteiger partial charge in [0.15, 0.2) is 0 Å². The number of carbonyl (C=O) groups excluding carboxylic acids is 1. The zero-order valence-corrected chi connectivity index (χ0v) is 20.7. The molecular weight excluding hydrogens is 482 g/mol. The summed E-state index contributed by atoms with van der Waals surface area (Å²) >= 11 is 0. The standard InChI is InChI=1S/C28H27N7O3/c36-16-26(37)34-12-4-6-22(34)17-38-25-8-3-7-23-27(25)28(31-18-30-23)33-20-9-10-24-19(13-20)14-32-35(24)15-21-5-1-2-11-29-21/h1-3,5,7-11,13-14,18,22,36H,4,6,12,15-17H2,(H,30,31,33)/t22-/m1/s1. The molecule has 2 N–H and O–H groups in total. The summed E-state index contributed by atoms with van der Waals surface area (Å²) in [5.74, 6) is 0.997. The van der Waals surface area contributed by atoms with Crippen LogP contribution in [0.5, 0.6) is 5.75 Å². The van der Waals surface area contributed by atoms with Crippen molar-refractivity contribution in [2.24, 2.45) is 0 Å². The number of aromatic nitrogens is 5. The van der Waals surface area contributed by atoms with Gasteiger partial charge in [0.2, 0.25) is 5.91 Å². The summed E-state index contributed by atoms with van der Waals surface area (Å²) < 4.78 is 8.15. The van der Waals surface area contributed by atoms with Gasteiger partial charge in [0.05, 0.1) is 40.9 Å². The number of pyridine rings is 1. The Morgan fingerprint density at radius 2 is 2.05 bits per heavy atom. The molecule has 0 radical (unpaired) electrons. The molecule has 2 aromatic carbocycles. The van der Waals surface area contributed by atoms with E-state index in [0.29, 0.717) is 31.3 Å². The number of aliphatic hydroxyl groups excluding tert-OH is 1. The molecule has 3 aromatic heterocycles. The lowest BCUT2D eigenvalue weighted by Crippen LogP contribution is -2.40. The largest absolute Gasteiger partial charge is 0.491 e. The van der Waals surface area contributed by atoms with Crippen LogP contribution in [0.2, 0.25) is 0 Å². The normalized spacial score (nSPS) is 15.3. The molecule has 0 saturated carbocycles. The first kappa shape index (κ1) is 23.8. The molecule has 1 fully saturated rings. The number of hydrogen-bond donors (Lipinski definition) is 2. The molecule has 1 aliphatic rings. The Balaban J connectivity index is 1.25. The van der Waals surface area contributed by atoms with E-state index in [4.69, 9.17) is 4.74 Å². The number of rotatable bonds is 8. The van der Waals surface area contributed by atoms with E-state index in [1.165, 1.54) is 6.33 Å². The minimum absolute atomic E-state index is 0.0732.